The number of piperidine rings is 1. The van der Waals surface area contributed by atoms with Crippen LogP contribution < -0.4 is 4.90 Å². The van der Waals surface area contributed by atoms with Gasteiger partial charge in [0.2, 0.25) is 0 Å². The van der Waals surface area contributed by atoms with Crippen LogP contribution in [0.15, 0.2) is 49.2 Å². The number of anilines is 1. The Morgan fingerprint density at radius 2 is 1.71 bits per heavy atom. The van der Waals surface area contributed by atoms with E-state index in [9.17, 15) is 0 Å². The standard InChI is InChI=1S/C26H28N8/c1-33(2)16-17-8-18(12-27-11-17)19-9-21-25(31-32-26(21)29-13-19)22-10-20-23(30-22)14-28-15-24(20)34-6-4-3-5-7-34/h8-15,30H,3-7,16H2,1-2H3,(H,29,31,32). The number of fused-ring (bicyclic) bond motifs is 2. The molecule has 0 aromatic carbocycles. The van der Waals surface area contributed by atoms with Gasteiger partial charge in [-0.3, -0.25) is 15.1 Å². The average Bonchev–Trinajstić information content (AvgIpc) is 3.48. The van der Waals surface area contributed by atoms with Crippen LogP contribution in [0, 0.1) is 0 Å². The molecule has 1 saturated heterocycles. The quantitative estimate of drug-likeness (QED) is 0.405. The number of rotatable bonds is 5. The first-order valence-corrected chi connectivity index (χ1v) is 11.8. The van der Waals surface area contributed by atoms with E-state index in [1.54, 1.807) is 0 Å². The number of aromatic amines is 2. The minimum absolute atomic E-state index is 0.698. The summed E-state index contributed by atoms with van der Waals surface area (Å²) in [5.74, 6) is 0. The Kier molecular flexibility index (Phi) is 5.22. The van der Waals surface area contributed by atoms with Gasteiger partial charge in [0.1, 0.15) is 0 Å². The van der Waals surface area contributed by atoms with E-state index in [0.29, 0.717) is 5.65 Å². The van der Waals surface area contributed by atoms with Gasteiger partial charge in [-0.15, -0.1) is 0 Å². The summed E-state index contributed by atoms with van der Waals surface area (Å²) in [6.45, 7) is 3.01. The Labute approximate surface area is 198 Å². The number of hydrogen-bond acceptors (Lipinski definition) is 6. The third-order valence-corrected chi connectivity index (χ3v) is 6.53. The Morgan fingerprint density at radius 3 is 2.56 bits per heavy atom. The van der Waals surface area contributed by atoms with Crippen LogP contribution in [0.4, 0.5) is 5.69 Å². The van der Waals surface area contributed by atoms with Crippen molar-refractivity contribution in [3.05, 3.63) is 54.7 Å². The summed E-state index contributed by atoms with van der Waals surface area (Å²) in [5, 5.41) is 9.85. The second kappa shape index (κ2) is 8.53. The maximum atomic E-state index is 4.62. The van der Waals surface area contributed by atoms with Crippen molar-refractivity contribution < 1.29 is 0 Å². The van der Waals surface area contributed by atoms with Crippen molar-refractivity contribution in [2.45, 2.75) is 25.8 Å². The molecule has 0 aliphatic carbocycles. The van der Waals surface area contributed by atoms with Crippen LogP contribution in [0.3, 0.4) is 0 Å². The van der Waals surface area contributed by atoms with Crippen LogP contribution in [-0.2, 0) is 6.54 Å². The molecule has 6 rings (SSSR count). The Hall–Kier alpha value is -3.78. The van der Waals surface area contributed by atoms with Gasteiger partial charge in [-0.2, -0.15) is 5.10 Å². The van der Waals surface area contributed by atoms with E-state index in [4.69, 9.17) is 0 Å². The van der Waals surface area contributed by atoms with E-state index < -0.39 is 0 Å². The highest BCUT2D eigenvalue weighted by Crippen LogP contribution is 2.34. The second-order valence-electron chi connectivity index (χ2n) is 9.36. The number of nitrogens with one attached hydrogen (secondary N) is 2. The minimum atomic E-state index is 0.698. The monoisotopic (exact) mass is 452 g/mol. The maximum absolute atomic E-state index is 4.62. The summed E-state index contributed by atoms with van der Waals surface area (Å²) < 4.78 is 0. The van der Waals surface area contributed by atoms with Crippen LogP contribution in [-0.4, -0.2) is 62.2 Å². The molecule has 1 fully saturated rings. The van der Waals surface area contributed by atoms with Gasteiger partial charge in [0.25, 0.3) is 0 Å². The summed E-state index contributed by atoms with van der Waals surface area (Å²) in [4.78, 5) is 21.7. The lowest BCUT2D eigenvalue weighted by molar-refractivity contribution is 0.402. The first-order chi connectivity index (χ1) is 16.7. The molecule has 6 heterocycles. The molecule has 8 heteroatoms. The second-order valence-corrected chi connectivity index (χ2v) is 9.36. The topological polar surface area (TPSA) is 89.6 Å². The first-order valence-electron chi connectivity index (χ1n) is 11.8. The number of H-pyrrole nitrogens is 2. The first kappa shape index (κ1) is 20.8. The zero-order valence-electron chi connectivity index (χ0n) is 19.5. The van der Waals surface area contributed by atoms with Crippen molar-refractivity contribution in [3.8, 4) is 22.5 Å². The molecule has 5 aromatic rings. The fourth-order valence-corrected chi connectivity index (χ4v) is 4.92. The Morgan fingerprint density at radius 1 is 0.882 bits per heavy atom. The van der Waals surface area contributed by atoms with Crippen LogP contribution in [0.25, 0.3) is 44.5 Å². The lowest BCUT2D eigenvalue weighted by Gasteiger charge is -2.28. The van der Waals surface area contributed by atoms with Gasteiger partial charge in [-0.25, -0.2) is 4.98 Å². The SMILES string of the molecule is CN(C)Cc1cncc(-c2cnc3n[nH]c(-c4cc5c(N6CCCCC6)cncc5[nH]4)c3c2)c1. The van der Waals surface area contributed by atoms with Crippen LogP contribution in [0.2, 0.25) is 0 Å². The molecule has 0 atom stereocenters. The predicted octanol–water partition coefficient (Wildman–Crippen LogP) is 4.62. The molecule has 0 saturated carbocycles. The third kappa shape index (κ3) is 3.80. The van der Waals surface area contributed by atoms with E-state index in [-0.39, 0.29) is 0 Å². The number of pyridine rings is 3. The highest BCUT2D eigenvalue weighted by Gasteiger charge is 2.18. The van der Waals surface area contributed by atoms with Crippen LogP contribution in [0.1, 0.15) is 24.8 Å². The van der Waals surface area contributed by atoms with Gasteiger partial charge in [0.15, 0.2) is 5.65 Å². The van der Waals surface area contributed by atoms with Crippen LogP contribution >= 0.6 is 0 Å². The molecular weight excluding hydrogens is 424 g/mol. The van der Waals surface area contributed by atoms with E-state index in [2.05, 4.69) is 72.2 Å². The van der Waals surface area contributed by atoms with Gasteiger partial charge in [0, 0.05) is 60.1 Å². The molecule has 2 N–H and O–H groups in total. The van der Waals surface area contributed by atoms with Crippen molar-refractivity contribution in [1.29, 1.82) is 0 Å². The summed E-state index contributed by atoms with van der Waals surface area (Å²) in [6, 6.07) is 6.53. The fourth-order valence-electron chi connectivity index (χ4n) is 4.92. The number of hydrogen-bond donors (Lipinski definition) is 2. The molecule has 0 radical (unpaired) electrons. The zero-order chi connectivity index (χ0) is 23.1. The summed E-state index contributed by atoms with van der Waals surface area (Å²) in [6.07, 6.45) is 13.3. The van der Waals surface area contributed by atoms with Gasteiger partial charge >= 0.3 is 0 Å². The van der Waals surface area contributed by atoms with Crippen molar-refractivity contribution in [1.82, 2.24) is 35.0 Å². The van der Waals surface area contributed by atoms with E-state index >= 15 is 0 Å². The summed E-state index contributed by atoms with van der Waals surface area (Å²) in [5.41, 5.74) is 8.10. The normalized spacial score (nSPS) is 14.5. The molecule has 0 spiro atoms. The molecule has 172 valence electrons. The van der Waals surface area contributed by atoms with Crippen molar-refractivity contribution >= 4 is 27.6 Å². The Balaban J connectivity index is 1.41. The van der Waals surface area contributed by atoms with Gasteiger partial charge in [-0.1, -0.05) is 0 Å². The van der Waals surface area contributed by atoms with Crippen molar-refractivity contribution in [2.75, 3.05) is 32.1 Å². The van der Waals surface area contributed by atoms with Gasteiger partial charge in [0.05, 0.1) is 35.0 Å². The highest BCUT2D eigenvalue weighted by molar-refractivity contribution is 5.99. The molecule has 0 amide bonds. The molecule has 0 bridgehead atoms. The maximum Gasteiger partial charge on any atom is 0.181 e. The molecule has 1 aliphatic rings. The van der Waals surface area contributed by atoms with Crippen LogP contribution in [0.5, 0.6) is 0 Å². The molecule has 0 unspecified atom stereocenters. The lowest BCUT2D eigenvalue weighted by Crippen LogP contribution is -2.29. The van der Waals surface area contributed by atoms with Gasteiger partial charge in [-0.05, 0) is 57.1 Å². The lowest BCUT2D eigenvalue weighted by atomic mass is 10.1. The smallest absolute Gasteiger partial charge is 0.181 e. The van der Waals surface area contributed by atoms with Crippen molar-refractivity contribution in [3.63, 3.8) is 0 Å². The molecule has 1 aliphatic heterocycles. The van der Waals surface area contributed by atoms with Crippen molar-refractivity contribution in [2.24, 2.45) is 0 Å². The van der Waals surface area contributed by atoms with E-state index in [0.717, 1.165) is 53.1 Å². The number of nitrogens with zero attached hydrogens (tertiary/aromatic N) is 6. The highest BCUT2D eigenvalue weighted by atomic mass is 15.2. The fraction of sp³-hybridized carbons (Fsp3) is 0.308. The van der Waals surface area contributed by atoms with E-state index in [1.165, 1.54) is 35.9 Å². The van der Waals surface area contributed by atoms with Gasteiger partial charge < -0.3 is 14.8 Å². The average molecular weight is 453 g/mol. The predicted molar refractivity (Wildman–Crippen MR) is 136 cm³/mol. The zero-order valence-corrected chi connectivity index (χ0v) is 19.5. The molecular formula is C26H28N8. The molecule has 5 aromatic heterocycles. The third-order valence-electron chi connectivity index (χ3n) is 6.53. The Bertz CT molecular complexity index is 1460. The summed E-state index contributed by atoms with van der Waals surface area (Å²) in [7, 11) is 4.12. The largest absolute Gasteiger partial charge is 0.370 e. The number of aromatic nitrogens is 6. The molecule has 34 heavy (non-hydrogen) atoms. The molecule has 8 nitrogen and oxygen atoms in total. The minimum Gasteiger partial charge on any atom is -0.370 e. The summed E-state index contributed by atoms with van der Waals surface area (Å²) >= 11 is 0. The van der Waals surface area contributed by atoms with E-state index in [1.807, 2.05) is 31.0 Å².